The summed E-state index contributed by atoms with van der Waals surface area (Å²) in [5.74, 6) is 1.40. The average Bonchev–Trinajstić information content (AvgIpc) is 3.46. The van der Waals surface area contributed by atoms with Gasteiger partial charge < -0.3 is 16.0 Å². The number of allylic oxidation sites excluding steroid dienone is 1. The fourth-order valence-corrected chi connectivity index (χ4v) is 3.37. The number of pyridine rings is 1. The molecule has 1 aromatic carbocycles. The van der Waals surface area contributed by atoms with Crippen molar-refractivity contribution in [1.29, 1.82) is 5.41 Å². The summed E-state index contributed by atoms with van der Waals surface area (Å²) in [6.45, 7) is 0. The summed E-state index contributed by atoms with van der Waals surface area (Å²) in [7, 11) is 1.83. The Kier molecular flexibility index (Phi) is 5.48. The van der Waals surface area contributed by atoms with Gasteiger partial charge in [-0.25, -0.2) is 14.4 Å². The Hall–Kier alpha value is -4.93. The standard InChI is InChI=1S/C23H19FN10/c1-33-20(8-12-27-33)30-23-26-11-7-18(29-23)15-9-13-34-21(14-15)31-32-22(34)19(6-10-25)28-17-4-2-16(24)3-5-17/h2-14,25,28H,1H3,(H,26,29,30)/b19-6-,25-10?. The molecule has 11 heteroatoms. The first-order valence-electron chi connectivity index (χ1n) is 10.3. The number of fused-ring (bicyclic) bond motifs is 1. The van der Waals surface area contributed by atoms with Crippen molar-refractivity contribution in [3.63, 3.8) is 0 Å². The molecular weight excluding hydrogens is 435 g/mol. The number of rotatable bonds is 7. The molecule has 0 aliphatic rings. The lowest BCUT2D eigenvalue weighted by atomic mass is 10.2. The maximum atomic E-state index is 13.2. The molecule has 5 aromatic rings. The van der Waals surface area contributed by atoms with E-state index >= 15 is 0 Å². The molecule has 3 N–H and O–H groups in total. The molecule has 5 rings (SSSR count). The molecule has 0 aliphatic carbocycles. The highest BCUT2D eigenvalue weighted by Gasteiger charge is 2.13. The lowest BCUT2D eigenvalue weighted by Gasteiger charge is -2.10. The van der Waals surface area contributed by atoms with E-state index in [-0.39, 0.29) is 5.82 Å². The van der Waals surface area contributed by atoms with Gasteiger partial charge >= 0.3 is 0 Å². The summed E-state index contributed by atoms with van der Waals surface area (Å²) in [4.78, 5) is 8.87. The van der Waals surface area contributed by atoms with Crippen LogP contribution >= 0.6 is 0 Å². The SMILES string of the molecule is Cn1nccc1Nc1nccc(-c2ccn3c(/C(=C/C=N)Nc4ccc(F)cc4)nnc3c2)n1. The molecule has 0 aliphatic heterocycles. The fourth-order valence-electron chi connectivity index (χ4n) is 3.37. The summed E-state index contributed by atoms with van der Waals surface area (Å²) < 4.78 is 16.7. The molecule has 34 heavy (non-hydrogen) atoms. The van der Waals surface area contributed by atoms with Crippen LogP contribution in [-0.4, -0.2) is 40.6 Å². The second kappa shape index (κ2) is 8.90. The minimum absolute atomic E-state index is 0.327. The van der Waals surface area contributed by atoms with Crippen molar-refractivity contribution in [2.75, 3.05) is 10.6 Å². The zero-order valence-corrected chi connectivity index (χ0v) is 18.0. The molecule has 168 valence electrons. The summed E-state index contributed by atoms with van der Waals surface area (Å²) in [6, 6.07) is 13.4. The van der Waals surface area contributed by atoms with Gasteiger partial charge in [0.1, 0.15) is 11.6 Å². The molecular formula is C23H19FN10. The molecule has 0 saturated heterocycles. The first-order chi connectivity index (χ1) is 16.6. The van der Waals surface area contributed by atoms with Crippen LogP contribution in [0.2, 0.25) is 0 Å². The van der Waals surface area contributed by atoms with E-state index in [9.17, 15) is 4.39 Å². The summed E-state index contributed by atoms with van der Waals surface area (Å²) >= 11 is 0. The number of hydrogen-bond acceptors (Lipinski definition) is 8. The van der Waals surface area contributed by atoms with Gasteiger partial charge in [-0.3, -0.25) is 9.08 Å². The smallest absolute Gasteiger partial charge is 0.228 e. The van der Waals surface area contributed by atoms with Crippen LogP contribution in [0.1, 0.15) is 5.82 Å². The minimum Gasteiger partial charge on any atom is -0.352 e. The minimum atomic E-state index is -0.327. The van der Waals surface area contributed by atoms with E-state index in [2.05, 4.69) is 35.9 Å². The maximum absolute atomic E-state index is 13.2. The molecule has 10 nitrogen and oxygen atoms in total. The predicted octanol–water partition coefficient (Wildman–Crippen LogP) is 3.91. The first kappa shape index (κ1) is 20.9. The fraction of sp³-hybridized carbons (Fsp3) is 0.0435. The first-order valence-corrected chi connectivity index (χ1v) is 10.3. The van der Waals surface area contributed by atoms with Gasteiger partial charge in [0, 0.05) is 43.0 Å². The number of aryl methyl sites for hydroxylation is 1. The quantitative estimate of drug-likeness (QED) is 0.319. The van der Waals surface area contributed by atoms with Crippen LogP contribution in [0.15, 0.2) is 73.2 Å². The van der Waals surface area contributed by atoms with Crippen molar-refractivity contribution in [2.24, 2.45) is 7.05 Å². The van der Waals surface area contributed by atoms with Gasteiger partial charge in [-0.15, -0.1) is 10.2 Å². The second-order valence-electron chi connectivity index (χ2n) is 7.28. The van der Waals surface area contributed by atoms with Crippen molar-refractivity contribution in [1.82, 2.24) is 34.3 Å². The lowest BCUT2D eigenvalue weighted by Crippen LogP contribution is -2.04. The van der Waals surface area contributed by atoms with E-state index in [4.69, 9.17) is 5.41 Å². The van der Waals surface area contributed by atoms with Gasteiger partial charge in [0.05, 0.1) is 17.6 Å². The van der Waals surface area contributed by atoms with E-state index in [1.165, 1.54) is 12.1 Å². The third kappa shape index (κ3) is 4.21. The van der Waals surface area contributed by atoms with Gasteiger partial charge in [-0.05, 0) is 48.5 Å². The topological polar surface area (TPSA) is 122 Å². The van der Waals surface area contributed by atoms with Crippen LogP contribution in [0.5, 0.6) is 0 Å². The third-order valence-corrected chi connectivity index (χ3v) is 5.04. The van der Waals surface area contributed by atoms with Gasteiger partial charge in [0.25, 0.3) is 0 Å². The largest absolute Gasteiger partial charge is 0.352 e. The van der Waals surface area contributed by atoms with Gasteiger partial charge in [0.15, 0.2) is 11.5 Å². The Balaban J connectivity index is 1.45. The van der Waals surface area contributed by atoms with Crippen LogP contribution in [0, 0.1) is 11.2 Å². The number of halogens is 1. The summed E-state index contributed by atoms with van der Waals surface area (Å²) in [5.41, 5.74) is 3.37. The van der Waals surface area contributed by atoms with Crippen molar-refractivity contribution < 1.29 is 4.39 Å². The van der Waals surface area contributed by atoms with E-state index in [1.807, 2.05) is 37.5 Å². The predicted molar refractivity (Wildman–Crippen MR) is 127 cm³/mol. The van der Waals surface area contributed by atoms with Crippen molar-refractivity contribution in [2.45, 2.75) is 0 Å². The van der Waals surface area contributed by atoms with E-state index in [1.54, 1.807) is 39.7 Å². The molecule has 0 bridgehead atoms. The number of aromatic nitrogens is 7. The van der Waals surface area contributed by atoms with Gasteiger partial charge in [0.2, 0.25) is 5.95 Å². The molecule has 0 saturated carbocycles. The molecule has 0 radical (unpaired) electrons. The molecule has 0 unspecified atom stereocenters. The molecule has 0 atom stereocenters. The lowest BCUT2D eigenvalue weighted by molar-refractivity contribution is 0.628. The Bertz CT molecular complexity index is 1500. The van der Waals surface area contributed by atoms with E-state index in [0.29, 0.717) is 34.5 Å². The van der Waals surface area contributed by atoms with Crippen LogP contribution in [0.3, 0.4) is 0 Å². The highest BCUT2D eigenvalue weighted by molar-refractivity contribution is 5.86. The molecule has 4 heterocycles. The van der Waals surface area contributed by atoms with E-state index in [0.717, 1.165) is 17.6 Å². The maximum Gasteiger partial charge on any atom is 0.228 e. The average molecular weight is 454 g/mol. The second-order valence-corrected chi connectivity index (χ2v) is 7.28. The van der Waals surface area contributed by atoms with Crippen molar-refractivity contribution in [3.8, 4) is 11.3 Å². The Morgan fingerprint density at radius 1 is 1.06 bits per heavy atom. The Labute approximate surface area is 193 Å². The highest BCUT2D eigenvalue weighted by atomic mass is 19.1. The molecule has 4 aromatic heterocycles. The number of nitrogens with zero attached hydrogens (tertiary/aromatic N) is 7. The zero-order valence-electron chi connectivity index (χ0n) is 18.0. The van der Waals surface area contributed by atoms with E-state index < -0.39 is 0 Å². The summed E-state index contributed by atoms with van der Waals surface area (Å²) in [5, 5.41) is 26.5. The molecule has 0 fully saturated rings. The zero-order chi connectivity index (χ0) is 23.5. The van der Waals surface area contributed by atoms with Gasteiger partial charge in [-0.1, -0.05) is 0 Å². The monoisotopic (exact) mass is 454 g/mol. The van der Waals surface area contributed by atoms with Gasteiger partial charge in [-0.2, -0.15) is 5.10 Å². The van der Waals surface area contributed by atoms with Crippen LogP contribution < -0.4 is 10.6 Å². The van der Waals surface area contributed by atoms with Crippen LogP contribution in [0.25, 0.3) is 22.6 Å². The number of nitrogens with one attached hydrogen (secondary N) is 3. The number of anilines is 3. The summed E-state index contributed by atoms with van der Waals surface area (Å²) in [6.07, 6.45) is 7.92. The normalized spacial score (nSPS) is 11.5. The highest BCUT2D eigenvalue weighted by Crippen LogP contribution is 2.23. The number of benzene rings is 1. The Morgan fingerprint density at radius 2 is 1.91 bits per heavy atom. The number of hydrogen-bond donors (Lipinski definition) is 3. The molecule has 0 amide bonds. The van der Waals surface area contributed by atoms with Crippen LogP contribution in [-0.2, 0) is 7.05 Å². The molecule has 0 spiro atoms. The van der Waals surface area contributed by atoms with Crippen molar-refractivity contribution in [3.05, 3.63) is 84.8 Å². The Morgan fingerprint density at radius 3 is 2.68 bits per heavy atom. The van der Waals surface area contributed by atoms with Crippen LogP contribution in [0.4, 0.5) is 21.8 Å². The van der Waals surface area contributed by atoms with Crippen molar-refractivity contribution >= 4 is 35.0 Å². The third-order valence-electron chi connectivity index (χ3n) is 5.04.